The SMILES string of the molecule is CC(=O)NCCC(=O)NCc1cc(C)cc2c(C)c(C)[nH]c12. The number of carbonyl (C=O) groups is 2. The van der Waals surface area contributed by atoms with Crippen LogP contribution >= 0.6 is 0 Å². The van der Waals surface area contributed by atoms with Crippen molar-refractivity contribution in [3.63, 3.8) is 0 Å². The standard InChI is InChI=1S/C17H23N3O2/c1-10-7-14(9-19-16(22)5-6-18-13(4)21)17-15(8-10)11(2)12(3)20-17/h7-8,20H,5-6,9H2,1-4H3,(H,18,21)(H,19,22). The maximum atomic E-state index is 11.8. The van der Waals surface area contributed by atoms with E-state index in [-0.39, 0.29) is 18.2 Å². The zero-order valence-corrected chi connectivity index (χ0v) is 13.6. The van der Waals surface area contributed by atoms with Gasteiger partial charge in [-0.3, -0.25) is 9.59 Å². The predicted octanol–water partition coefficient (Wildman–Crippen LogP) is 2.24. The Morgan fingerprint density at radius 3 is 2.55 bits per heavy atom. The quantitative estimate of drug-likeness (QED) is 0.792. The normalized spacial score (nSPS) is 10.7. The molecule has 0 aliphatic carbocycles. The first-order valence-corrected chi connectivity index (χ1v) is 7.48. The summed E-state index contributed by atoms with van der Waals surface area (Å²) in [4.78, 5) is 26.0. The van der Waals surface area contributed by atoms with Crippen molar-refractivity contribution in [3.05, 3.63) is 34.5 Å². The number of aromatic amines is 1. The van der Waals surface area contributed by atoms with Crippen LogP contribution in [0.4, 0.5) is 0 Å². The first-order valence-electron chi connectivity index (χ1n) is 7.48. The van der Waals surface area contributed by atoms with Crippen molar-refractivity contribution < 1.29 is 9.59 Å². The van der Waals surface area contributed by atoms with Crippen LogP contribution in [-0.2, 0) is 16.1 Å². The highest BCUT2D eigenvalue weighted by molar-refractivity contribution is 5.88. The largest absolute Gasteiger partial charge is 0.358 e. The van der Waals surface area contributed by atoms with Gasteiger partial charge in [0.1, 0.15) is 0 Å². The topological polar surface area (TPSA) is 74.0 Å². The van der Waals surface area contributed by atoms with E-state index in [4.69, 9.17) is 0 Å². The number of hydrogen-bond donors (Lipinski definition) is 3. The van der Waals surface area contributed by atoms with Gasteiger partial charge in [-0.2, -0.15) is 0 Å². The van der Waals surface area contributed by atoms with Gasteiger partial charge in [-0.15, -0.1) is 0 Å². The fraction of sp³-hybridized carbons (Fsp3) is 0.412. The number of aryl methyl sites for hydroxylation is 3. The van der Waals surface area contributed by atoms with Gasteiger partial charge >= 0.3 is 0 Å². The van der Waals surface area contributed by atoms with Crippen LogP contribution in [0, 0.1) is 20.8 Å². The molecule has 3 N–H and O–H groups in total. The van der Waals surface area contributed by atoms with Gasteiger partial charge in [0.15, 0.2) is 0 Å². The molecule has 0 radical (unpaired) electrons. The first kappa shape index (κ1) is 16.1. The van der Waals surface area contributed by atoms with E-state index in [2.05, 4.69) is 48.5 Å². The summed E-state index contributed by atoms with van der Waals surface area (Å²) in [5.41, 5.74) is 5.75. The van der Waals surface area contributed by atoms with Crippen LogP contribution in [-0.4, -0.2) is 23.3 Å². The molecule has 0 unspecified atom stereocenters. The first-order chi connectivity index (χ1) is 10.4. The highest BCUT2D eigenvalue weighted by Crippen LogP contribution is 2.25. The fourth-order valence-electron chi connectivity index (χ4n) is 2.56. The third kappa shape index (κ3) is 3.67. The summed E-state index contributed by atoms with van der Waals surface area (Å²) in [7, 11) is 0. The average Bonchev–Trinajstić information content (AvgIpc) is 2.72. The molecule has 2 rings (SSSR count). The number of aromatic nitrogens is 1. The third-order valence-corrected chi connectivity index (χ3v) is 3.85. The van der Waals surface area contributed by atoms with Crippen molar-refractivity contribution in [1.82, 2.24) is 15.6 Å². The second-order valence-electron chi connectivity index (χ2n) is 5.73. The Bertz CT molecular complexity index is 716. The zero-order chi connectivity index (χ0) is 16.3. The predicted molar refractivity (Wildman–Crippen MR) is 87.7 cm³/mol. The third-order valence-electron chi connectivity index (χ3n) is 3.85. The van der Waals surface area contributed by atoms with E-state index >= 15 is 0 Å². The van der Waals surface area contributed by atoms with Crippen LogP contribution in [0.1, 0.15) is 35.7 Å². The molecule has 1 heterocycles. The van der Waals surface area contributed by atoms with Gasteiger partial charge in [0.2, 0.25) is 11.8 Å². The summed E-state index contributed by atoms with van der Waals surface area (Å²) in [6, 6.07) is 4.25. The van der Waals surface area contributed by atoms with Crippen LogP contribution in [0.25, 0.3) is 10.9 Å². The van der Waals surface area contributed by atoms with Crippen molar-refractivity contribution in [2.75, 3.05) is 6.54 Å². The molecule has 2 aromatic rings. The molecule has 0 saturated heterocycles. The van der Waals surface area contributed by atoms with E-state index in [0.29, 0.717) is 13.1 Å². The van der Waals surface area contributed by atoms with Crippen LogP contribution in [0.3, 0.4) is 0 Å². The van der Waals surface area contributed by atoms with E-state index in [1.165, 1.54) is 23.4 Å². The summed E-state index contributed by atoms with van der Waals surface area (Å²) in [5.74, 6) is -0.186. The average molecular weight is 301 g/mol. The smallest absolute Gasteiger partial charge is 0.222 e. The van der Waals surface area contributed by atoms with Crippen LogP contribution < -0.4 is 10.6 Å². The lowest BCUT2D eigenvalue weighted by molar-refractivity contribution is -0.121. The summed E-state index contributed by atoms with van der Waals surface area (Å²) in [6.07, 6.45) is 0.289. The Kier molecular flexibility index (Phi) is 4.85. The van der Waals surface area contributed by atoms with Gasteiger partial charge in [-0.1, -0.05) is 11.6 Å². The number of H-pyrrole nitrogens is 1. The maximum Gasteiger partial charge on any atom is 0.222 e. The van der Waals surface area contributed by atoms with E-state index in [9.17, 15) is 9.59 Å². The lowest BCUT2D eigenvalue weighted by Crippen LogP contribution is -2.29. The summed E-state index contributed by atoms with van der Waals surface area (Å²) in [6.45, 7) is 8.51. The second kappa shape index (κ2) is 6.64. The lowest BCUT2D eigenvalue weighted by Gasteiger charge is -2.08. The molecular formula is C17H23N3O2. The van der Waals surface area contributed by atoms with Crippen molar-refractivity contribution in [2.24, 2.45) is 0 Å². The molecule has 1 aromatic carbocycles. The summed E-state index contributed by atoms with van der Waals surface area (Å²) >= 11 is 0. The molecule has 0 atom stereocenters. The summed E-state index contributed by atoms with van der Waals surface area (Å²) in [5, 5.41) is 6.74. The highest BCUT2D eigenvalue weighted by Gasteiger charge is 2.10. The van der Waals surface area contributed by atoms with E-state index in [1.54, 1.807) is 0 Å². The fourth-order valence-corrected chi connectivity index (χ4v) is 2.56. The lowest BCUT2D eigenvalue weighted by atomic mass is 10.0. The Balaban J connectivity index is 2.07. The van der Waals surface area contributed by atoms with Crippen LogP contribution in [0.5, 0.6) is 0 Å². The number of fused-ring (bicyclic) bond motifs is 1. The van der Waals surface area contributed by atoms with E-state index in [0.717, 1.165) is 16.8 Å². The van der Waals surface area contributed by atoms with Crippen molar-refractivity contribution in [2.45, 2.75) is 40.7 Å². The zero-order valence-electron chi connectivity index (χ0n) is 13.6. The Morgan fingerprint density at radius 1 is 1.14 bits per heavy atom. The van der Waals surface area contributed by atoms with Gasteiger partial charge in [0, 0.05) is 37.5 Å². The van der Waals surface area contributed by atoms with Gasteiger partial charge < -0.3 is 15.6 Å². The molecule has 118 valence electrons. The Labute approximate surface area is 130 Å². The van der Waals surface area contributed by atoms with E-state index in [1.807, 2.05) is 0 Å². The number of benzene rings is 1. The second-order valence-corrected chi connectivity index (χ2v) is 5.73. The molecule has 2 amide bonds. The van der Waals surface area contributed by atoms with Crippen LogP contribution in [0.15, 0.2) is 12.1 Å². The molecule has 0 spiro atoms. The number of rotatable bonds is 5. The minimum absolute atomic E-state index is 0.0663. The van der Waals surface area contributed by atoms with Crippen LogP contribution in [0.2, 0.25) is 0 Å². The minimum Gasteiger partial charge on any atom is -0.358 e. The van der Waals surface area contributed by atoms with E-state index < -0.39 is 0 Å². The monoisotopic (exact) mass is 301 g/mol. The molecular weight excluding hydrogens is 278 g/mol. The molecule has 0 fully saturated rings. The Morgan fingerprint density at radius 2 is 1.86 bits per heavy atom. The molecule has 0 saturated carbocycles. The number of nitrogens with one attached hydrogen (secondary N) is 3. The number of hydrogen-bond acceptors (Lipinski definition) is 2. The molecule has 1 aromatic heterocycles. The van der Waals surface area contributed by atoms with Gasteiger partial charge in [0.05, 0.1) is 5.52 Å². The Hall–Kier alpha value is -2.30. The van der Waals surface area contributed by atoms with Crippen molar-refractivity contribution in [3.8, 4) is 0 Å². The number of carbonyl (C=O) groups excluding carboxylic acids is 2. The highest BCUT2D eigenvalue weighted by atomic mass is 16.2. The van der Waals surface area contributed by atoms with Gasteiger partial charge in [0.25, 0.3) is 0 Å². The molecule has 22 heavy (non-hydrogen) atoms. The minimum atomic E-state index is -0.120. The molecule has 5 nitrogen and oxygen atoms in total. The molecule has 0 bridgehead atoms. The summed E-state index contributed by atoms with van der Waals surface area (Å²) < 4.78 is 0. The molecule has 0 aliphatic rings. The van der Waals surface area contributed by atoms with Crippen molar-refractivity contribution in [1.29, 1.82) is 0 Å². The maximum absolute atomic E-state index is 11.8. The van der Waals surface area contributed by atoms with Crippen molar-refractivity contribution >= 4 is 22.7 Å². The molecule has 5 heteroatoms. The number of amides is 2. The van der Waals surface area contributed by atoms with Gasteiger partial charge in [-0.25, -0.2) is 0 Å². The van der Waals surface area contributed by atoms with Gasteiger partial charge in [-0.05, 0) is 38.0 Å². The molecule has 0 aliphatic heterocycles.